The second kappa shape index (κ2) is 6.35. The van der Waals surface area contributed by atoms with Crippen LogP contribution in [0.2, 0.25) is 0 Å². The molecule has 0 unspecified atom stereocenters. The molecule has 4 nitrogen and oxygen atoms in total. The fourth-order valence-corrected chi connectivity index (χ4v) is 2.69. The molecular formula is C12H2I2N4. The number of nitrogens with zero attached hydrogens (tertiary/aromatic N) is 4. The molecule has 0 saturated carbocycles. The van der Waals surface area contributed by atoms with Crippen molar-refractivity contribution in [2.45, 2.75) is 0 Å². The van der Waals surface area contributed by atoms with Gasteiger partial charge in [-0.1, -0.05) is 0 Å². The minimum absolute atomic E-state index is 0.0133. The van der Waals surface area contributed by atoms with E-state index in [0.717, 1.165) is 0 Å². The van der Waals surface area contributed by atoms with Crippen LogP contribution in [0.5, 0.6) is 0 Å². The van der Waals surface area contributed by atoms with Gasteiger partial charge in [0.2, 0.25) is 0 Å². The topological polar surface area (TPSA) is 95.2 Å². The lowest BCUT2D eigenvalue weighted by Gasteiger charge is -1.98. The lowest BCUT2D eigenvalue weighted by atomic mass is 10.1. The molecule has 1 aromatic rings. The monoisotopic (exact) mass is 456 g/mol. The summed E-state index contributed by atoms with van der Waals surface area (Å²) in [6, 6.07) is 10.6. The highest BCUT2D eigenvalue weighted by Gasteiger charge is 2.05. The first kappa shape index (κ1) is 14.4. The van der Waals surface area contributed by atoms with E-state index >= 15 is 0 Å². The number of nitriles is 4. The van der Waals surface area contributed by atoms with Gasteiger partial charge in [0, 0.05) is 17.6 Å². The van der Waals surface area contributed by atoms with E-state index in [0.29, 0.717) is 17.6 Å². The highest BCUT2D eigenvalue weighted by atomic mass is 127. The SMILES string of the molecule is N#CC(C#N)=c1cc(I)c(=C(C#N)C#N)cc1I. The lowest BCUT2D eigenvalue weighted by Crippen LogP contribution is -2.20. The highest BCUT2D eigenvalue weighted by molar-refractivity contribution is 14.1. The molecule has 0 spiro atoms. The largest absolute Gasteiger partial charge is 0.192 e. The van der Waals surface area contributed by atoms with E-state index in [1.165, 1.54) is 0 Å². The predicted octanol–water partition coefficient (Wildman–Crippen LogP) is 1.29. The molecule has 18 heavy (non-hydrogen) atoms. The molecule has 0 aromatic heterocycles. The lowest BCUT2D eigenvalue weighted by molar-refractivity contribution is 1.41. The van der Waals surface area contributed by atoms with Gasteiger partial charge in [-0.3, -0.25) is 0 Å². The van der Waals surface area contributed by atoms with E-state index in [1.807, 2.05) is 69.5 Å². The number of hydrogen-bond acceptors (Lipinski definition) is 4. The summed E-state index contributed by atoms with van der Waals surface area (Å²) in [5.74, 6) is 0. The Morgan fingerprint density at radius 2 is 1.00 bits per heavy atom. The maximum Gasteiger partial charge on any atom is 0.137 e. The molecule has 6 heteroatoms. The molecule has 0 radical (unpaired) electrons. The Kier molecular flexibility index (Phi) is 5.09. The summed E-state index contributed by atoms with van der Waals surface area (Å²) in [6.45, 7) is 0. The Bertz CT molecular complexity index is 693. The van der Waals surface area contributed by atoms with Gasteiger partial charge < -0.3 is 0 Å². The summed E-state index contributed by atoms with van der Waals surface area (Å²) in [7, 11) is 0. The first-order chi connectivity index (χ1) is 8.58. The Hall–Kier alpha value is -1.62. The zero-order valence-electron chi connectivity index (χ0n) is 8.70. The molecule has 0 aliphatic heterocycles. The Labute approximate surface area is 130 Å². The Morgan fingerprint density at radius 1 is 0.722 bits per heavy atom. The minimum atomic E-state index is 0.0133. The molecule has 1 rings (SSSR count). The maximum atomic E-state index is 8.84. The summed E-state index contributed by atoms with van der Waals surface area (Å²) >= 11 is 3.94. The Morgan fingerprint density at radius 3 is 1.22 bits per heavy atom. The van der Waals surface area contributed by atoms with Crippen molar-refractivity contribution in [3.8, 4) is 24.3 Å². The van der Waals surface area contributed by atoms with Gasteiger partial charge in [0.05, 0.1) is 0 Å². The van der Waals surface area contributed by atoms with Crippen molar-refractivity contribution in [3.63, 3.8) is 0 Å². The summed E-state index contributed by atoms with van der Waals surface area (Å²) in [4.78, 5) is 0. The van der Waals surface area contributed by atoms with Crippen molar-refractivity contribution < 1.29 is 0 Å². The normalized spacial score (nSPS) is 8.33. The highest BCUT2D eigenvalue weighted by Crippen LogP contribution is 2.03. The van der Waals surface area contributed by atoms with E-state index in [1.54, 1.807) is 12.1 Å². The predicted molar refractivity (Wildman–Crippen MR) is 80.4 cm³/mol. The number of halogens is 2. The summed E-state index contributed by atoms with van der Waals surface area (Å²) in [5, 5.41) is 36.4. The van der Waals surface area contributed by atoms with Gasteiger partial charge in [-0.05, 0) is 57.3 Å². The Balaban J connectivity index is 3.96. The molecule has 0 amide bonds. The zero-order valence-corrected chi connectivity index (χ0v) is 13.0. The first-order valence-electron chi connectivity index (χ1n) is 4.43. The van der Waals surface area contributed by atoms with E-state index in [2.05, 4.69) is 0 Å². The van der Waals surface area contributed by atoms with Crippen LogP contribution in [0.1, 0.15) is 0 Å². The standard InChI is InChI=1S/C12H2I2N4/c13-11-1-9(7(3-15)4-16)12(14)2-10(11)8(5-17)6-18/h1-2H. The van der Waals surface area contributed by atoms with Gasteiger partial charge >= 0.3 is 0 Å². The maximum absolute atomic E-state index is 8.84. The summed E-state index contributed by atoms with van der Waals surface area (Å²) < 4.78 is 1.31. The molecule has 0 aliphatic carbocycles. The molecule has 1 aromatic carbocycles. The van der Waals surface area contributed by atoms with E-state index in [9.17, 15) is 0 Å². The van der Waals surface area contributed by atoms with Crippen LogP contribution in [0.15, 0.2) is 12.1 Å². The number of hydrogen-bond donors (Lipinski definition) is 0. The smallest absolute Gasteiger partial charge is 0.137 e. The van der Waals surface area contributed by atoms with Gasteiger partial charge in [0.1, 0.15) is 35.4 Å². The fourth-order valence-electron chi connectivity index (χ4n) is 1.22. The van der Waals surface area contributed by atoms with Crippen molar-refractivity contribution in [3.05, 3.63) is 29.7 Å². The second-order valence-electron chi connectivity index (χ2n) is 3.01. The molecule has 84 valence electrons. The third kappa shape index (κ3) is 2.79. The van der Waals surface area contributed by atoms with Crippen LogP contribution in [0, 0.1) is 52.5 Å². The van der Waals surface area contributed by atoms with Crippen LogP contribution < -0.4 is 10.4 Å². The van der Waals surface area contributed by atoms with Gasteiger partial charge in [0.25, 0.3) is 0 Å². The van der Waals surface area contributed by atoms with Gasteiger partial charge in [-0.15, -0.1) is 0 Å². The fraction of sp³-hybridized carbons (Fsp3) is 0. The average Bonchev–Trinajstić information content (AvgIpc) is 2.37. The quantitative estimate of drug-likeness (QED) is 0.551. The van der Waals surface area contributed by atoms with Crippen molar-refractivity contribution in [1.82, 2.24) is 0 Å². The molecule has 0 fully saturated rings. The number of benzene rings is 1. The molecule has 0 saturated heterocycles. The van der Waals surface area contributed by atoms with Gasteiger partial charge in [-0.2, -0.15) is 21.0 Å². The van der Waals surface area contributed by atoms with Crippen molar-refractivity contribution in [2.24, 2.45) is 0 Å². The molecule has 0 heterocycles. The molecule has 0 atom stereocenters. The molecule has 0 bridgehead atoms. The molecule has 0 N–H and O–H groups in total. The van der Waals surface area contributed by atoms with Crippen molar-refractivity contribution >= 4 is 56.3 Å². The first-order valence-corrected chi connectivity index (χ1v) is 6.58. The van der Waals surface area contributed by atoms with Crippen molar-refractivity contribution in [2.75, 3.05) is 0 Å². The van der Waals surface area contributed by atoms with Crippen LogP contribution in [-0.2, 0) is 0 Å². The summed E-state index contributed by atoms with van der Waals surface area (Å²) in [6.07, 6.45) is 0. The third-order valence-electron chi connectivity index (χ3n) is 2.04. The van der Waals surface area contributed by atoms with E-state index in [4.69, 9.17) is 21.0 Å². The molecule has 0 aliphatic rings. The second-order valence-corrected chi connectivity index (χ2v) is 5.33. The van der Waals surface area contributed by atoms with Crippen molar-refractivity contribution in [1.29, 1.82) is 21.0 Å². The van der Waals surface area contributed by atoms with Crippen LogP contribution in [0.3, 0.4) is 0 Å². The van der Waals surface area contributed by atoms with Crippen LogP contribution in [0.4, 0.5) is 0 Å². The van der Waals surface area contributed by atoms with Crippen LogP contribution in [0.25, 0.3) is 11.1 Å². The average molecular weight is 456 g/mol. The van der Waals surface area contributed by atoms with Crippen LogP contribution in [-0.4, -0.2) is 0 Å². The zero-order chi connectivity index (χ0) is 13.7. The van der Waals surface area contributed by atoms with Gasteiger partial charge in [0.15, 0.2) is 0 Å². The van der Waals surface area contributed by atoms with Crippen LogP contribution >= 0.6 is 45.2 Å². The van der Waals surface area contributed by atoms with E-state index in [-0.39, 0.29) is 11.1 Å². The minimum Gasteiger partial charge on any atom is -0.192 e. The third-order valence-corrected chi connectivity index (χ3v) is 3.83. The molecular weight excluding hydrogens is 454 g/mol. The number of rotatable bonds is 0. The van der Waals surface area contributed by atoms with E-state index < -0.39 is 0 Å². The van der Waals surface area contributed by atoms with Gasteiger partial charge in [-0.25, -0.2) is 0 Å². The summed E-state index contributed by atoms with van der Waals surface area (Å²) in [5.41, 5.74) is 0.0265.